The molecular formula is C16H14N2O3. The average Bonchev–Trinajstić information content (AvgIpc) is 2.97. The van der Waals surface area contributed by atoms with E-state index in [9.17, 15) is 4.79 Å². The molecule has 0 radical (unpaired) electrons. The Bertz CT molecular complexity index is 717. The van der Waals surface area contributed by atoms with E-state index in [4.69, 9.17) is 14.9 Å². The first-order valence-electron chi connectivity index (χ1n) is 6.44. The van der Waals surface area contributed by atoms with E-state index in [0.29, 0.717) is 29.4 Å². The minimum atomic E-state index is -0.260. The lowest BCUT2D eigenvalue weighted by molar-refractivity contribution is -0.117. The predicted molar refractivity (Wildman–Crippen MR) is 80.7 cm³/mol. The molecule has 1 aromatic carbocycles. The number of ether oxygens (including phenoxy) is 1. The number of amides is 1. The topological polar surface area (TPSA) is 68.7 Å². The quantitative estimate of drug-likeness (QED) is 0.534. The summed E-state index contributed by atoms with van der Waals surface area (Å²) in [5, 5.41) is 0. The molecule has 3 rings (SSSR count). The number of benzene rings is 1. The SMILES string of the molecule is C=CCN1C(=O)/C(=C\c2ccco2)Oc2ccc(N)cc21. The van der Waals surface area contributed by atoms with E-state index >= 15 is 0 Å². The number of anilines is 2. The van der Waals surface area contributed by atoms with Crippen LogP contribution in [-0.2, 0) is 4.79 Å². The first-order chi connectivity index (χ1) is 10.2. The van der Waals surface area contributed by atoms with Gasteiger partial charge in [0.25, 0.3) is 5.91 Å². The van der Waals surface area contributed by atoms with Crippen molar-refractivity contribution in [2.24, 2.45) is 0 Å². The van der Waals surface area contributed by atoms with Gasteiger partial charge in [0.2, 0.25) is 0 Å². The Morgan fingerprint density at radius 3 is 2.90 bits per heavy atom. The van der Waals surface area contributed by atoms with Crippen LogP contribution >= 0.6 is 0 Å². The van der Waals surface area contributed by atoms with Gasteiger partial charge in [0.05, 0.1) is 12.0 Å². The zero-order valence-electron chi connectivity index (χ0n) is 11.3. The van der Waals surface area contributed by atoms with Crippen LogP contribution in [-0.4, -0.2) is 12.5 Å². The second-order valence-corrected chi connectivity index (χ2v) is 4.56. The molecule has 2 N–H and O–H groups in total. The van der Waals surface area contributed by atoms with E-state index in [0.717, 1.165) is 0 Å². The molecule has 106 valence electrons. The Hall–Kier alpha value is -2.95. The third-order valence-corrected chi connectivity index (χ3v) is 3.08. The summed E-state index contributed by atoms with van der Waals surface area (Å²) in [5.74, 6) is 1.06. The molecule has 5 heteroatoms. The third-order valence-electron chi connectivity index (χ3n) is 3.08. The Balaban J connectivity index is 2.06. The van der Waals surface area contributed by atoms with Crippen LogP contribution in [0.25, 0.3) is 6.08 Å². The van der Waals surface area contributed by atoms with Crippen LogP contribution in [0.3, 0.4) is 0 Å². The van der Waals surface area contributed by atoms with Crippen LogP contribution in [0.15, 0.2) is 59.4 Å². The van der Waals surface area contributed by atoms with Gasteiger partial charge in [0.15, 0.2) is 11.5 Å². The molecule has 0 saturated carbocycles. The summed E-state index contributed by atoms with van der Waals surface area (Å²) in [5.41, 5.74) is 6.98. The monoisotopic (exact) mass is 282 g/mol. The van der Waals surface area contributed by atoms with Gasteiger partial charge in [0.1, 0.15) is 5.76 Å². The second-order valence-electron chi connectivity index (χ2n) is 4.56. The smallest absolute Gasteiger partial charge is 0.294 e. The summed E-state index contributed by atoms with van der Waals surface area (Å²) in [6.07, 6.45) is 4.76. The lowest BCUT2D eigenvalue weighted by Gasteiger charge is -2.29. The van der Waals surface area contributed by atoms with Crippen molar-refractivity contribution in [3.8, 4) is 5.75 Å². The highest BCUT2D eigenvalue weighted by atomic mass is 16.5. The largest absolute Gasteiger partial charge is 0.465 e. The van der Waals surface area contributed by atoms with Gasteiger partial charge < -0.3 is 14.9 Å². The van der Waals surface area contributed by atoms with Gasteiger partial charge in [-0.3, -0.25) is 9.69 Å². The van der Waals surface area contributed by atoms with Gasteiger partial charge in [-0.15, -0.1) is 6.58 Å². The molecule has 1 aliphatic heterocycles. The van der Waals surface area contributed by atoms with Crippen LogP contribution in [0.5, 0.6) is 5.75 Å². The van der Waals surface area contributed by atoms with Gasteiger partial charge in [0, 0.05) is 18.3 Å². The zero-order valence-corrected chi connectivity index (χ0v) is 11.3. The molecule has 2 heterocycles. The number of nitrogen functional groups attached to an aromatic ring is 1. The Kier molecular flexibility index (Phi) is 3.23. The number of rotatable bonds is 3. The molecule has 0 spiro atoms. The molecular weight excluding hydrogens is 268 g/mol. The number of carbonyl (C=O) groups is 1. The second kappa shape index (κ2) is 5.20. The maximum absolute atomic E-state index is 12.5. The van der Waals surface area contributed by atoms with E-state index < -0.39 is 0 Å². The minimum absolute atomic E-state index is 0.198. The number of carbonyl (C=O) groups excluding carboxylic acids is 1. The van der Waals surface area contributed by atoms with Crippen LogP contribution < -0.4 is 15.4 Å². The van der Waals surface area contributed by atoms with Gasteiger partial charge >= 0.3 is 0 Å². The molecule has 0 saturated heterocycles. The first-order valence-corrected chi connectivity index (χ1v) is 6.44. The average molecular weight is 282 g/mol. The molecule has 0 bridgehead atoms. The fraction of sp³-hybridized carbons (Fsp3) is 0.0625. The van der Waals surface area contributed by atoms with E-state index in [-0.39, 0.29) is 11.7 Å². The summed E-state index contributed by atoms with van der Waals surface area (Å²) in [4.78, 5) is 14.1. The lowest BCUT2D eigenvalue weighted by atomic mass is 10.2. The van der Waals surface area contributed by atoms with Crippen molar-refractivity contribution in [1.82, 2.24) is 0 Å². The van der Waals surface area contributed by atoms with Crippen molar-refractivity contribution in [2.75, 3.05) is 17.2 Å². The third kappa shape index (κ3) is 2.41. The van der Waals surface area contributed by atoms with Crippen LogP contribution in [0.4, 0.5) is 11.4 Å². The van der Waals surface area contributed by atoms with Crippen molar-refractivity contribution in [1.29, 1.82) is 0 Å². The standard InChI is InChI=1S/C16H14N2O3/c1-2-7-18-13-9-11(17)5-6-14(13)21-15(16(18)19)10-12-4-3-8-20-12/h2-6,8-10H,1,7,17H2/b15-10+. The maximum atomic E-state index is 12.5. The van der Waals surface area contributed by atoms with Crippen molar-refractivity contribution >= 4 is 23.4 Å². The summed E-state index contributed by atoms with van der Waals surface area (Å²) in [6, 6.07) is 8.67. The van der Waals surface area contributed by atoms with Crippen LogP contribution in [0, 0.1) is 0 Å². The predicted octanol–water partition coefficient (Wildman–Crippen LogP) is 2.81. The molecule has 0 unspecified atom stereocenters. The molecule has 0 fully saturated rings. The molecule has 5 nitrogen and oxygen atoms in total. The van der Waals surface area contributed by atoms with Crippen molar-refractivity contribution < 1.29 is 13.9 Å². The molecule has 1 aliphatic rings. The Morgan fingerprint density at radius 2 is 2.19 bits per heavy atom. The molecule has 0 atom stereocenters. The normalized spacial score (nSPS) is 15.7. The Morgan fingerprint density at radius 1 is 1.33 bits per heavy atom. The zero-order chi connectivity index (χ0) is 14.8. The number of furan rings is 1. The van der Waals surface area contributed by atoms with Crippen molar-refractivity contribution in [2.45, 2.75) is 0 Å². The van der Waals surface area contributed by atoms with E-state index in [2.05, 4.69) is 6.58 Å². The van der Waals surface area contributed by atoms with Gasteiger partial charge in [-0.2, -0.15) is 0 Å². The summed E-state index contributed by atoms with van der Waals surface area (Å²) < 4.78 is 10.9. The first kappa shape index (κ1) is 13.1. The van der Waals surface area contributed by atoms with E-state index in [1.165, 1.54) is 6.26 Å². The number of nitrogens with two attached hydrogens (primary N) is 1. The summed E-state index contributed by atoms with van der Waals surface area (Å²) >= 11 is 0. The lowest BCUT2D eigenvalue weighted by Crippen LogP contribution is -2.37. The summed E-state index contributed by atoms with van der Waals surface area (Å²) in [7, 11) is 0. The van der Waals surface area contributed by atoms with Crippen molar-refractivity contribution in [3.63, 3.8) is 0 Å². The number of fused-ring (bicyclic) bond motifs is 1. The summed E-state index contributed by atoms with van der Waals surface area (Å²) in [6.45, 7) is 4.05. The van der Waals surface area contributed by atoms with Crippen LogP contribution in [0.1, 0.15) is 5.76 Å². The highest BCUT2D eigenvalue weighted by Gasteiger charge is 2.29. The van der Waals surface area contributed by atoms with Crippen molar-refractivity contribution in [3.05, 3.63) is 60.8 Å². The number of nitrogens with zero attached hydrogens (tertiary/aromatic N) is 1. The van der Waals surface area contributed by atoms with Gasteiger partial charge in [-0.1, -0.05) is 6.08 Å². The minimum Gasteiger partial charge on any atom is -0.465 e. The molecule has 21 heavy (non-hydrogen) atoms. The highest BCUT2D eigenvalue weighted by Crippen LogP contribution is 2.37. The maximum Gasteiger partial charge on any atom is 0.294 e. The Labute approximate surface area is 121 Å². The fourth-order valence-corrected chi connectivity index (χ4v) is 2.14. The molecule has 0 aliphatic carbocycles. The molecule has 2 aromatic rings. The fourth-order valence-electron chi connectivity index (χ4n) is 2.14. The number of hydrogen-bond donors (Lipinski definition) is 1. The molecule has 1 amide bonds. The van der Waals surface area contributed by atoms with Crippen LogP contribution in [0.2, 0.25) is 0 Å². The van der Waals surface area contributed by atoms with Gasteiger partial charge in [-0.25, -0.2) is 0 Å². The highest BCUT2D eigenvalue weighted by molar-refractivity contribution is 6.10. The molecule has 1 aromatic heterocycles. The van der Waals surface area contributed by atoms with E-state index in [1.54, 1.807) is 47.4 Å². The number of hydrogen-bond acceptors (Lipinski definition) is 4. The van der Waals surface area contributed by atoms with Gasteiger partial charge in [-0.05, 0) is 30.3 Å². The van der Waals surface area contributed by atoms with E-state index in [1.807, 2.05) is 0 Å².